The highest BCUT2D eigenvalue weighted by atomic mass is 16.5. The number of carbonyl (C=O) groups is 7. The van der Waals surface area contributed by atoms with Crippen LogP contribution in [-0.2, 0) is 39.9 Å². The molecule has 5 fully saturated rings. The van der Waals surface area contributed by atoms with Crippen LogP contribution in [0, 0.1) is 5.92 Å². The zero-order valence-corrected chi connectivity index (χ0v) is 54.9. The normalized spacial score (nSPS) is 26.5. The van der Waals surface area contributed by atoms with Gasteiger partial charge in [-0.05, 0) is 98.7 Å². The number of aromatic hydroxyl groups is 1. The molecule has 0 radical (unpaired) electrons. The van der Waals surface area contributed by atoms with E-state index in [1.54, 1.807) is 12.1 Å². The minimum Gasteiger partial charge on any atom is -0.504 e. The number of fused-ring (bicyclic) bond motifs is 2. The topological polar surface area (TPSA) is 454 Å². The molecule has 30 heteroatoms. The van der Waals surface area contributed by atoms with Gasteiger partial charge in [0.05, 0.1) is 87.3 Å². The Labute approximate surface area is 563 Å². The van der Waals surface area contributed by atoms with Gasteiger partial charge >= 0.3 is 0 Å². The number of benzene rings is 3. The second-order valence-electron chi connectivity index (χ2n) is 26.2. The molecular formula is C67H98N10O20. The lowest BCUT2D eigenvalue weighted by Gasteiger charge is -2.36. The number of piperidine rings is 1. The zero-order chi connectivity index (χ0) is 70.0. The predicted octanol–water partition coefficient (Wildman–Crippen LogP) is -4.02. The Morgan fingerprint density at radius 2 is 1.25 bits per heavy atom. The Bertz CT molecular complexity index is 3080. The third-order valence-corrected chi connectivity index (χ3v) is 18.9. The van der Waals surface area contributed by atoms with Crippen LogP contribution in [0.3, 0.4) is 0 Å². The van der Waals surface area contributed by atoms with Crippen molar-refractivity contribution in [2.24, 2.45) is 5.92 Å². The van der Waals surface area contributed by atoms with Crippen molar-refractivity contribution in [1.82, 2.24) is 47.0 Å². The first-order valence-corrected chi connectivity index (χ1v) is 33.7. The molecule has 0 aromatic heterocycles. The second kappa shape index (κ2) is 36.1. The quantitative estimate of drug-likeness (QED) is 0.0380. The first kappa shape index (κ1) is 75.6. The van der Waals surface area contributed by atoms with Gasteiger partial charge in [0, 0.05) is 75.7 Å². The average molecular weight is 1360 g/mol. The summed E-state index contributed by atoms with van der Waals surface area (Å²) in [5, 5.41) is 137. The number of hydrogen-bond acceptors (Lipinski definition) is 23. The summed E-state index contributed by atoms with van der Waals surface area (Å²) in [6, 6.07) is 5.57. The van der Waals surface area contributed by atoms with Gasteiger partial charge in [-0.2, -0.15) is 0 Å². The fourth-order valence-corrected chi connectivity index (χ4v) is 13.1. The largest absolute Gasteiger partial charge is 0.504 e. The molecule has 7 amide bonds. The first-order valence-electron chi connectivity index (χ1n) is 33.7. The fraction of sp³-hybridized carbons (Fsp3) is 0.627. The predicted molar refractivity (Wildman–Crippen MR) is 350 cm³/mol. The summed E-state index contributed by atoms with van der Waals surface area (Å²) in [5.41, 5.74) is 2.96. The highest BCUT2D eigenvalue weighted by Gasteiger charge is 2.50. The molecule has 97 heavy (non-hydrogen) atoms. The Balaban J connectivity index is 1.06. The molecular weight excluding hydrogens is 1260 g/mol. The number of anilines is 1. The van der Waals surface area contributed by atoms with Crippen LogP contribution in [0.2, 0.25) is 0 Å². The van der Waals surface area contributed by atoms with E-state index in [1.165, 1.54) is 56.5 Å². The van der Waals surface area contributed by atoms with Crippen LogP contribution in [0.4, 0.5) is 5.69 Å². The van der Waals surface area contributed by atoms with E-state index in [1.807, 2.05) is 24.3 Å². The van der Waals surface area contributed by atoms with Crippen LogP contribution in [0.25, 0.3) is 11.1 Å². The molecule has 1 aliphatic carbocycles. The van der Waals surface area contributed by atoms with Crippen molar-refractivity contribution in [3.63, 3.8) is 0 Å². The summed E-state index contributed by atoms with van der Waals surface area (Å²) in [5.74, 6) is -9.06. The summed E-state index contributed by atoms with van der Waals surface area (Å²) in [4.78, 5) is 107. The first-order chi connectivity index (χ1) is 46.5. The average Bonchev–Trinajstić information content (AvgIpc) is 1.71. The highest BCUT2D eigenvalue weighted by Crippen LogP contribution is 2.32. The SMILES string of the molecule is C[C@@H](O)[C@@H]1NC(=O)[C@@H](NC(=O)c2ccc(-c3ccc(N4CCC(OC5CCCCC5)CC4)cc3)cc2)C[C@@H](O)CNC(=O)[C@@H]2[C@@H](O)[C@@H](C)CN2C(=O)[C@H]([C@H](O)CCNC(CO)CO)NC(=O)[C@H]([C@H](O)Cc2ccc(O)c(OCCNC(CO)CO)c2)NC(=O)[C@@H]2C[C@@H](O)CN2C1=O. The molecule has 5 aliphatic rings. The van der Waals surface area contributed by atoms with Gasteiger partial charge in [-0.25, -0.2) is 0 Å². The Kier molecular flexibility index (Phi) is 28.1. The lowest BCUT2D eigenvalue weighted by molar-refractivity contribution is -0.147. The minimum absolute atomic E-state index is 0.0726. The summed E-state index contributed by atoms with van der Waals surface area (Å²) in [6.45, 7) is 0.787. The highest BCUT2D eigenvalue weighted by molar-refractivity contribution is 6.00. The van der Waals surface area contributed by atoms with Crippen molar-refractivity contribution in [3.05, 3.63) is 77.9 Å². The number of ether oxygens (including phenoxy) is 2. The van der Waals surface area contributed by atoms with Gasteiger partial charge in [-0.1, -0.05) is 56.5 Å². The number of nitrogens with zero attached hydrogens (tertiary/aromatic N) is 3. The van der Waals surface area contributed by atoms with Gasteiger partial charge in [0.25, 0.3) is 5.91 Å². The van der Waals surface area contributed by atoms with Crippen molar-refractivity contribution in [2.75, 3.05) is 83.7 Å². The number of hydrogen-bond donors (Lipinski definition) is 18. The van der Waals surface area contributed by atoms with Gasteiger partial charge in [-0.15, -0.1) is 0 Å². The van der Waals surface area contributed by atoms with Crippen LogP contribution < -0.4 is 46.9 Å². The minimum atomic E-state index is -2.13. The fourth-order valence-electron chi connectivity index (χ4n) is 13.1. The third-order valence-electron chi connectivity index (χ3n) is 18.9. The number of carbonyl (C=O) groups excluding carboxylic acids is 7. The number of phenolic OH excluding ortho intramolecular Hbond substituents is 1. The smallest absolute Gasteiger partial charge is 0.251 e. The number of β-amino-alcohol motifs (C(OH)–C–C–N with tert-alkyl or cyclic N) is 1. The monoisotopic (exact) mass is 1360 g/mol. The number of aliphatic hydroxyl groups is 10. The van der Waals surface area contributed by atoms with Crippen LogP contribution in [0.15, 0.2) is 66.7 Å². The molecule has 4 saturated heterocycles. The maximum atomic E-state index is 15.0. The van der Waals surface area contributed by atoms with Gasteiger partial charge in [0.1, 0.15) is 42.9 Å². The van der Waals surface area contributed by atoms with Crippen LogP contribution in [0.5, 0.6) is 11.5 Å². The zero-order valence-electron chi connectivity index (χ0n) is 54.9. The van der Waals surface area contributed by atoms with E-state index in [2.05, 4.69) is 42.1 Å². The number of amides is 7. The maximum absolute atomic E-state index is 15.0. The van der Waals surface area contributed by atoms with Crippen molar-refractivity contribution < 1.29 is 99.2 Å². The number of phenols is 1. The summed E-state index contributed by atoms with van der Waals surface area (Å²) >= 11 is 0. The molecule has 30 nitrogen and oxygen atoms in total. The Hall–Kier alpha value is -7.17. The molecule has 0 bridgehead atoms. The molecule has 3 aromatic carbocycles. The van der Waals surface area contributed by atoms with E-state index in [4.69, 9.17) is 9.47 Å². The summed E-state index contributed by atoms with van der Waals surface area (Å²) in [6.07, 6.45) is -3.97. The van der Waals surface area contributed by atoms with Gasteiger partial charge in [-0.3, -0.25) is 33.6 Å². The molecule has 1 saturated carbocycles. The van der Waals surface area contributed by atoms with Crippen molar-refractivity contribution >= 4 is 47.0 Å². The molecule has 536 valence electrons. The van der Waals surface area contributed by atoms with Crippen LogP contribution >= 0.6 is 0 Å². The molecule has 18 N–H and O–H groups in total. The molecule has 8 rings (SSSR count). The van der Waals surface area contributed by atoms with E-state index in [0.717, 1.165) is 72.3 Å². The van der Waals surface area contributed by atoms with E-state index in [-0.39, 0.29) is 68.2 Å². The van der Waals surface area contributed by atoms with Crippen molar-refractivity contribution in [1.29, 1.82) is 0 Å². The molecule has 0 spiro atoms. The van der Waals surface area contributed by atoms with Gasteiger partial charge in [0.15, 0.2) is 11.5 Å². The van der Waals surface area contributed by atoms with E-state index < -0.39 is 184 Å². The molecule has 4 aliphatic heterocycles. The Morgan fingerprint density at radius 3 is 1.89 bits per heavy atom. The summed E-state index contributed by atoms with van der Waals surface area (Å²) < 4.78 is 12.2. The van der Waals surface area contributed by atoms with Crippen molar-refractivity contribution in [2.45, 2.75) is 182 Å². The third kappa shape index (κ3) is 20.3. The number of nitrogens with one attached hydrogen (secondary N) is 7. The molecule has 13 atom stereocenters. The lowest BCUT2D eigenvalue weighted by Crippen LogP contribution is -2.64. The van der Waals surface area contributed by atoms with Crippen LogP contribution in [0.1, 0.15) is 94.0 Å². The second-order valence-corrected chi connectivity index (χ2v) is 26.2. The summed E-state index contributed by atoms with van der Waals surface area (Å²) in [7, 11) is 0. The van der Waals surface area contributed by atoms with Crippen LogP contribution in [-0.4, -0.2) is 283 Å². The van der Waals surface area contributed by atoms with E-state index in [9.17, 15) is 84.9 Å². The van der Waals surface area contributed by atoms with Gasteiger partial charge < -0.3 is 118 Å². The lowest BCUT2D eigenvalue weighted by atomic mass is 9.97. The molecule has 4 heterocycles. The molecule has 0 unspecified atom stereocenters. The standard InChI is InChI=1S/C67H98N10O20/c1-37-31-77-59(60(37)88)65(93)70-30-46(83)28-50(71-61(89)42-11-9-40(10-12-42)41-13-15-45(16-14-41)75-23-19-49(20-24-75)97-48-6-4-3-5-7-48)62(90)72-56(38(2)82)66(94)76-32-47(84)29-51(76)63(91)73-57(64(92)74-58(67(77)95)53(86)18-21-68-43(33-78)34-79)54(87)26-39-8-17-52(85)55(27-39)96-25-22-69-44(35-80)36-81/h8-17,27,37-38,43-44,46-51,53-54,56-60,68-69,78-88H,3-7,18-26,28-36H2,1-2H3,(H,70,93)(H,71,89)(H,72,90)(H,73,91)(H,74,92)/t37-,38+,46+,47+,50-,51-,53+,54+,56-,57-,58-,59-,60-/m0/s1. The van der Waals surface area contributed by atoms with Gasteiger partial charge in [0.2, 0.25) is 35.4 Å². The Morgan fingerprint density at radius 1 is 0.649 bits per heavy atom. The number of rotatable bonds is 24. The van der Waals surface area contributed by atoms with E-state index in [0.29, 0.717) is 6.10 Å². The van der Waals surface area contributed by atoms with E-state index >= 15 is 4.79 Å². The number of aliphatic hydroxyl groups excluding tert-OH is 10. The molecule has 3 aromatic rings. The van der Waals surface area contributed by atoms with Crippen molar-refractivity contribution in [3.8, 4) is 22.6 Å². The maximum Gasteiger partial charge on any atom is 0.251 e.